The normalized spacial score (nSPS) is 17.0. The number of hydrogen-bond donors (Lipinski definition) is 0. The summed E-state index contributed by atoms with van der Waals surface area (Å²) in [7, 11) is 2.10. The number of rotatable bonds is 3. The van der Waals surface area contributed by atoms with Crippen molar-refractivity contribution in [1.82, 2.24) is 14.8 Å². The molecule has 4 nitrogen and oxygen atoms in total. The molecule has 1 unspecified atom stereocenters. The summed E-state index contributed by atoms with van der Waals surface area (Å²) in [5.74, 6) is -0.160. The number of nitrogens with zero attached hydrogens (tertiary/aromatic N) is 3. The zero-order chi connectivity index (χ0) is 16.2. The molecule has 1 saturated heterocycles. The van der Waals surface area contributed by atoms with E-state index in [4.69, 9.17) is 0 Å². The number of piperazine rings is 1. The van der Waals surface area contributed by atoms with E-state index in [1.807, 2.05) is 41.3 Å². The Kier molecular flexibility index (Phi) is 4.72. The van der Waals surface area contributed by atoms with Gasteiger partial charge in [0.1, 0.15) is 5.92 Å². The van der Waals surface area contributed by atoms with E-state index in [0.717, 1.165) is 43.0 Å². The van der Waals surface area contributed by atoms with Crippen LogP contribution >= 0.6 is 0 Å². The Bertz CT molecular complexity index is 663. The average molecular weight is 309 g/mol. The van der Waals surface area contributed by atoms with E-state index in [2.05, 4.69) is 29.9 Å². The zero-order valence-electron chi connectivity index (χ0n) is 13.8. The molecule has 3 rings (SSSR count). The van der Waals surface area contributed by atoms with E-state index in [1.165, 1.54) is 0 Å². The molecule has 120 valence electrons. The first-order chi connectivity index (χ1) is 11.2. The number of benzene rings is 1. The van der Waals surface area contributed by atoms with Gasteiger partial charge in [-0.3, -0.25) is 9.78 Å². The summed E-state index contributed by atoms with van der Waals surface area (Å²) >= 11 is 0. The second-order valence-electron chi connectivity index (χ2n) is 6.17. The van der Waals surface area contributed by atoms with E-state index < -0.39 is 0 Å². The van der Waals surface area contributed by atoms with Crippen molar-refractivity contribution < 1.29 is 4.79 Å². The standard InChI is InChI=1S/C19H23N3O/c1-15-7-3-4-8-16(15)18(17-9-5-6-10-20-17)19(23)22-13-11-21(2)12-14-22/h3-10,18H,11-14H2,1-2H3. The molecule has 1 atom stereocenters. The fourth-order valence-corrected chi connectivity index (χ4v) is 3.09. The minimum absolute atomic E-state index is 0.158. The lowest BCUT2D eigenvalue weighted by molar-refractivity contribution is -0.133. The molecule has 0 aliphatic carbocycles. The predicted molar refractivity (Wildman–Crippen MR) is 91.3 cm³/mol. The Morgan fingerprint density at radius 2 is 1.74 bits per heavy atom. The molecule has 1 fully saturated rings. The lowest BCUT2D eigenvalue weighted by Gasteiger charge is -2.35. The topological polar surface area (TPSA) is 36.4 Å². The SMILES string of the molecule is Cc1ccccc1C(C(=O)N1CCN(C)CC1)c1ccccn1. The van der Waals surface area contributed by atoms with Gasteiger partial charge in [-0.15, -0.1) is 0 Å². The van der Waals surface area contributed by atoms with Gasteiger partial charge < -0.3 is 9.80 Å². The summed E-state index contributed by atoms with van der Waals surface area (Å²) in [6.45, 7) is 5.47. The van der Waals surface area contributed by atoms with Crippen LogP contribution in [0.5, 0.6) is 0 Å². The van der Waals surface area contributed by atoms with E-state index in [0.29, 0.717) is 0 Å². The molecule has 23 heavy (non-hydrogen) atoms. The summed E-state index contributed by atoms with van der Waals surface area (Å²) in [5, 5.41) is 0. The fourth-order valence-electron chi connectivity index (χ4n) is 3.09. The van der Waals surface area contributed by atoms with E-state index in [-0.39, 0.29) is 11.8 Å². The molecule has 0 saturated carbocycles. The molecule has 1 aromatic carbocycles. The van der Waals surface area contributed by atoms with Gasteiger partial charge in [-0.1, -0.05) is 30.3 Å². The molecular weight excluding hydrogens is 286 g/mol. The molecule has 2 heterocycles. The third-order valence-electron chi connectivity index (χ3n) is 4.54. The maximum absolute atomic E-state index is 13.2. The Balaban J connectivity index is 1.96. The molecule has 4 heteroatoms. The van der Waals surface area contributed by atoms with Crippen molar-refractivity contribution in [2.75, 3.05) is 33.2 Å². The Hall–Kier alpha value is -2.20. The van der Waals surface area contributed by atoms with Crippen LogP contribution in [-0.4, -0.2) is 53.9 Å². The van der Waals surface area contributed by atoms with E-state index in [9.17, 15) is 4.79 Å². The van der Waals surface area contributed by atoms with Gasteiger partial charge in [0.2, 0.25) is 5.91 Å². The molecule has 0 radical (unpaired) electrons. The molecule has 0 bridgehead atoms. The molecular formula is C19H23N3O. The number of carbonyl (C=O) groups is 1. The fraction of sp³-hybridized carbons (Fsp3) is 0.368. The van der Waals surface area contributed by atoms with Crippen molar-refractivity contribution in [3.05, 3.63) is 65.5 Å². The second kappa shape index (κ2) is 6.92. The first-order valence-corrected chi connectivity index (χ1v) is 8.10. The van der Waals surface area contributed by atoms with Crippen LogP contribution < -0.4 is 0 Å². The van der Waals surface area contributed by atoms with Gasteiger partial charge in [-0.05, 0) is 37.2 Å². The highest BCUT2D eigenvalue weighted by Crippen LogP contribution is 2.28. The lowest BCUT2D eigenvalue weighted by atomic mass is 9.90. The van der Waals surface area contributed by atoms with Crippen LogP contribution in [-0.2, 0) is 4.79 Å². The van der Waals surface area contributed by atoms with Crippen LogP contribution in [0.2, 0.25) is 0 Å². The highest BCUT2D eigenvalue weighted by Gasteiger charge is 2.30. The number of aromatic nitrogens is 1. The summed E-state index contributed by atoms with van der Waals surface area (Å²) in [4.78, 5) is 21.9. The Labute approximate surface area is 137 Å². The van der Waals surface area contributed by atoms with Crippen LogP contribution in [0.4, 0.5) is 0 Å². The minimum atomic E-state index is -0.319. The molecule has 1 aromatic heterocycles. The van der Waals surface area contributed by atoms with Gasteiger partial charge in [0, 0.05) is 32.4 Å². The van der Waals surface area contributed by atoms with Crippen molar-refractivity contribution in [2.45, 2.75) is 12.8 Å². The van der Waals surface area contributed by atoms with Crippen LogP contribution in [0.25, 0.3) is 0 Å². The van der Waals surface area contributed by atoms with Crippen molar-refractivity contribution >= 4 is 5.91 Å². The average Bonchev–Trinajstić information content (AvgIpc) is 2.58. The molecule has 1 amide bonds. The van der Waals surface area contributed by atoms with Crippen LogP contribution in [0, 0.1) is 6.92 Å². The molecule has 0 spiro atoms. The first-order valence-electron chi connectivity index (χ1n) is 8.10. The summed E-state index contributed by atoms with van der Waals surface area (Å²) < 4.78 is 0. The monoisotopic (exact) mass is 309 g/mol. The maximum Gasteiger partial charge on any atom is 0.236 e. The highest BCUT2D eigenvalue weighted by molar-refractivity contribution is 5.87. The van der Waals surface area contributed by atoms with Gasteiger partial charge in [0.15, 0.2) is 0 Å². The molecule has 1 aliphatic heterocycles. The predicted octanol–water partition coefficient (Wildman–Crippen LogP) is 2.30. The van der Waals surface area contributed by atoms with Crippen molar-refractivity contribution in [1.29, 1.82) is 0 Å². The van der Waals surface area contributed by atoms with Crippen LogP contribution in [0.1, 0.15) is 22.7 Å². The largest absolute Gasteiger partial charge is 0.339 e. The number of carbonyl (C=O) groups excluding carboxylic acids is 1. The minimum Gasteiger partial charge on any atom is -0.339 e. The number of pyridine rings is 1. The number of hydrogen-bond acceptors (Lipinski definition) is 3. The molecule has 1 aliphatic rings. The number of likely N-dealkylation sites (N-methyl/N-ethyl adjacent to an activating group) is 1. The number of amides is 1. The van der Waals surface area contributed by atoms with E-state index in [1.54, 1.807) is 6.20 Å². The van der Waals surface area contributed by atoms with Gasteiger partial charge in [-0.25, -0.2) is 0 Å². The molecule has 0 N–H and O–H groups in total. The Morgan fingerprint density at radius 3 is 2.39 bits per heavy atom. The van der Waals surface area contributed by atoms with Crippen LogP contribution in [0.15, 0.2) is 48.7 Å². The van der Waals surface area contributed by atoms with Crippen molar-refractivity contribution in [3.8, 4) is 0 Å². The van der Waals surface area contributed by atoms with Crippen LogP contribution in [0.3, 0.4) is 0 Å². The number of aryl methyl sites for hydroxylation is 1. The summed E-state index contributed by atoms with van der Waals surface area (Å²) in [6.07, 6.45) is 1.76. The quantitative estimate of drug-likeness (QED) is 0.873. The zero-order valence-corrected chi connectivity index (χ0v) is 13.8. The summed E-state index contributed by atoms with van der Waals surface area (Å²) in [6, 6.07) is 13.9. The maximum atomic E-state index is 13.2. The first kappa shape index (κ1) is 15.7. The van der Waals surface area contributed by atoms with Crippen molar-refractivity contribution in [2.24, 2.45) is 0 Å². The second-order valence-corrected chi connectivity index (χ2v) is 6.17. The van der Waals surface area contributed by atoms with E-state index >= 15 is 0 Å². The lowest BCUT2D eigenvalue weighted by Crippen LogP contribution is -2.48. The van der Waals surface area contributed by atoms with Gasteiger partial charge in [0.25, 0.3) is 0 Å². The van der Waals surface area contributed by atoms with Gasteiger partial charge in [0.05, 0.1) is 5.69 Å². The summed E-state index contributed by atoms with van der Waals surface area (Å²) in [5.41, 5.74) is 3.01. The highest BCUT2D eigenvalue weighted by atomic mass is 16.2. The van der Waals surface area contributed by atoms with Gasteiger partial charge >= 0.3 is 0 Å². The smallest absolute Gasteiger partial charge is 0.236 e. The Morgan fingerprint density at radius 1 is 1.04 bits per heavy atom. The van der Waals surface area contributed by atoms with Crippen molar-refractivity contribution in [3.63, 3.8) is 0 Å². The third kappa shape index (κ3) is 3.42. The molecule has 2 aromatic rings. The third-order valence-corrected chi connectivity index (χ3v) is 4.54. The van der Waals surface area contributed by atoms with Gasteiger partial charge in [-0.2, -0.15) is 0 Å².